The van der Waals surface area contributed by atoms with Crippen molar-refractivity contribution in [1.82, 2.24) is 4.98 Å². The number of hydrogen-bond acceptors (Lipinski definition) is 1. The Hall–Kier alpha value is -13.9. The van der Waals surface area contributed by atoms with E-state index in [1.807, 2.05) is 12.3 Å². The summed E-state index contributed by atoms with van der Waals surface area (Å²) in [6.45, 7) is 0. The zero-order valence-corrected chi connectivity index (χ0v) is 64.4. The summed E-state index contributed by atoms with van der Waals surface area (Å²) in [5.74, 6) is 0. The number of fused-ring (bicyclic) bond motifs is 42. The Morgan fingerprint density at radius 1 is 0.147 bits per heavy atom. The largest absolute Gasteiger partial charge is 0.256 e. The molecule has 1 heterocycles. The molecule has 0 amide bonds. The van der Waals surface area contributed by atoms with Crippen molar-refractivity contribution in [2.45, 2.75) is 64.2 Å². The van der Waals surface area contributed by atoms with E-state index in [9.17, 15) is 0 Å². The van der Waals surface area contributed by atoms with E-state index in [0.717, 1.165) is 64.2 Å². The minimum atomic E-state index is 1.02. The van der Waals surface area contributed by atoms with Gasteiger partial charge in [0.05, 0.1) is 5.69 Å². The molecule has 0 N–H and O–H groups in total. The summed E-state index contributed by atoms with van der Waals surface area (Å²) >= 11 is 0. The molecule has 1 aromatic heterocycles. The summed E-state index contributed by atoms with van der Waals surface area (Å²) in [4.78, 5) is 4.58. The first-order valence-corrected chi connectivity index (χ1v) is 41.6. The van der Waals surface area contributed by atoms with Gasteiger partial charge in [-0.2, -0.15) is 0 Å². The molecule has 0 radical (unpaired) electrons. The molecule has 29 rings (SSSR count). The minimum Gasteiger partial charge on any atom is -0.256 e. The molecule has 0 saturated heterocycles. The Labute approximate surface area is 676 Å². The summed E-state index contributed by atoms with van der Waals surface area (Å²) in [5, 5.41) is 10.9. The Morgan fingerprint density at radius 3 is 1.01 bits per heavy atom. The Bertz CT molecular complexity index is 7450. The lowest BCUT2D eigenvalue weighted by Crippen LogP contribution is -1.89. The molecule has 116 heavy (non-hydrogen) atoms. The smallest absolute Gasteiger partial charge is 0.0740 e. The van der Waals surface area contributed by atoms with Crippen LogP contribution in [0.25, 0.3) is 154 Å². The molecule has 0 spiro atoms. The molecule has 0 atom stereocenters. The second kappa shape index (κ2) is 25.8. The van der Waals surface area contributed by atoms with Gasteiger partial charge in [-0.05, 0) is 324 Å². The van der Waals surface area contributed by atoms with Crippen molar-refractivity contribution in [2.75, 3.05) is 0 Å². The van der Waals surface area contributed by atoms with E-state index in [-0.39, 0.29) is 0 Å². The molecule has 1 nitrogen and oxygen atoms in total. The first-order valence-electron chi connectivity index (χ1n) is 41.6. The zero-order chi connectivity index (χ0) is 75.8. The monoisotopic (exact) mass is 1470 g/mol. The van der Waals surface area contributed by atoms with Gasteiger partial charge in [-0.3, -0.25) is 4.98 Å². The maximum absolute atomic E-state index is 4.58. The van der Waals surface area contributed by atoms with Gasteiger partial charge in [-0.25, -0.2) is 0 Å². The van der Waals surface area contributed by atoms with Crippen molar-refractivity contribution in [3.05, 3.63) is 457 Å². The van der Waals surface area contributed by atoms with E-state index >= 15 is 0 Å². The quantitative estimate of drug-likeness (QED) is 0.147. The highest BCUT2D eigenvalue weighted by atomic mass is 14.7. The van der Waals surface area contributed by atoms with Crippen molar-refractivity contribution < 1.29 is 0 Å². The SMILES string of the molecule is c1ccc2c(c1)Cc1ccc3c(c1-2)-c1c(ccc2ccccc12)C3.c1ccc2c(c1)Cc1ccc3c(c1-2)-c1cc2ccccc2cc1C3.c1ccc2c(c1)Cc1ccc3c(c1-2)-c1ccc2ccccc2c1C3.c1ccc2c(c1)Cc1ccc3c(c1-2)Cc1c-3ccc2ccccc12.c1ccc2c(c1)Cc1ccc3c(c1-2)Cc1cccnc1-3. The van der Waals surface area contributed by atoms with E-state index in [4.69, 9.17) is 0 Å². The molecule has 0 fully saturated rings. The zero-order valence-electron chi connectivity index (χ0n) is 64.4. The lowest BCUT2D eigenvalue weighted by Gasteiger charge is -2.12. The number of aromatic nitrogens is 1. The fraction of sp³-hybridized carbons (Fsp3) is 0.0870. The van der Waals surface area contributed by atoms with Gasteiger partial charge in [0.15, 0.2) is 0 Å². The molecule has 1 heteroatoms. The molecule has 10 aliphatic rings. The molecule has 0 unspecified atom stereocenters. The van der Waals surface area contributed by atoms with Crippen LogP contribution < -0.4 is 0 Å². The van der Waals surface area contributed by atoms with Crippen molar-refractivity contribution in [2.24, 2.45) is 0 Å². The van der Waals surface area contributed by atoms with Crippen LogP contribution in [-0.4, -0.2) is 4.98 Å². The van der Waals surface area contributed by atoms with Gasteiger partial charge in [-0.1, -0.05) is 328 Å². The molecule has 542 valence electrons. The standard InChI is InChI=1S/4C24H16.C19H13N/c1-3-7-18-15(5-1)9-11-20-21-12-10-17-13-16-6-2-4-8-19(16)24(17)23(21)14-22(18)20;1-3-7-19-15(5-1)11-12-21-22(19)14-18-10-9-17-13-16-6-2-4-8-20(16)23(17)24(18)21;1-3-7-20-15(5-1)9-10-18-14-19-12-11-17-13-16-6-2-4-8-21(16)23(17)24(19)22(18)20;1-2-6-16-14-22-20(11-15(16)5-1)13-19-10-9-18-12-17-7-3-4-8-21(17)23(18)24(19)22;1-2-6-15-12(4-1)10-13-7-8-16-17(18(13)15)11-14-5-3-9-20-19(14)16/h3*1-12H,13-14H2;1-11,14H,12-13H2;1-9H,10-11H2. The van der Waals surface area contributed by atoms with Crippen LogP contribution in [0.3, 0.4) is 0 Å². The van der Waals surface area contributed by atoms with Gasteiger partial charge >= 0.3 is 0 Å². The fourth-order valence-corrected chi connectivity index (χ4v) is 22.3. The molecule has 0 bridgehead atoms. The Kier molecular flexibility index (Phi) is 14.6. The van der Waals surface area contributed by atoms with Crippen LogP contribution in [0.15, 0.2) is 346 Å². The molecule has 0 aliphatic heterocycles. The summed E-state index contributed by atoms with van der Waals surface area (Å²) in [6, 6.07) is 126. The van der Waals surface area contributed by atoms with E-state index in [1.54, 1.807) is 0 Å². The highest BCUT2D eigenvalue weighted by molar-refractivity contribution is 6.08. The van der Waals surface area contributed by atoms with Crippen molar-refractivity contribution in [3.63, 3.8) is 0 Å². The van der Waals surface area contributed by atoms with E-state index in [0.29, 0.717) is 0 Å². The van der Waals surface area contributed by atoms with E-state index in [1.165, 1.54) is 266 Å². The van der Waals surface area contributed by atoms with Crippen LogP contribution in [0.1, 0.15) is 111 Å². The third-order valence-electron chi connectivity index (χ3n) is 27.4. The van der Waals surface area contributed by atoms with Crippen LogP contribution in [0.5, 0.6) is 0 Å². The predicted molar refractivity (Wildman–Crippen MR) is 482 cm³/mol. The number of benzene rings is 18. The van der Waals surface area contributed by atoms with Gasteiger partial charge in [0.1, 0.15) is 0 Å². The maximum Gasteiger partial charge on any atom is 0.0740 e. The average Bonchev–Trinajstić information content (AvgIpc) is 1.57. The van der Waals surface area contributed by atoms with Crippen LogP contribution in [0, 0.1) is 0 Å². The van der Waals surface area contributed by atoms with Crippen LogP contribution >= 0.6 is 0 Å². The fourth-order valence-electron chi connectivity index (χ4n) is 22.3. The highest BCUT2D eigenvalue weighted by Gasteiger charge is 2.35. The van der Waals surface area contributed by atoms with Crippen molar-refractivity contribution >= 4 is 43.1 Å². The number of hydrogen-bond donors (Lipinski definition) is 0. The van der Waals surface area contributed by atoms with Gasteiger partial charge in [0, 0.05) is 18.2 Å². The molecule has 10 aliphatic carbocycles. The molecule has 18 aromatic carbocycles. The molecular formula is C115H77N. The van der Waals surface area contributed by atoms with Gasteiger partial charge in [0.2, 0.25) is 0 Å². The van der Waals surface area contributed by atoms with Crippen LogP contribution in [0.2, 0.25) is 0 Å². The van der Waals surface area contributed by atoms with Gasteiger partial charge in [-0.15, -0.1) is 0 Å². The van der Waals surface area contributed by atoms with Gasteiger partial charge < -0.3 is 0 Å². The molecular weight excluding hydrogens is 1400 g/mol. The Balaban J connectivity index is 0.0000000814. The second-order valence-corrected chi connectivity index (χ2v) is 33.5. The lowest BCUT2D eigenvalue weighted by atomic mass is 9.91. The molecule has 19 aromatic rings. The summed E-state index contributed by atoms with van der Waals surface area (Å²) in [7, 11) is 0. The predicted octanol–water partition coefficient (Wildman–Crippen LogP) is 28.2. The van der Waals surface area contributed by atoms with E-state index < -0.39 is 0 Å². The minimum absolute atomic E-state index is 1.02. The lowest BCUT2D eigenvalue weighted by molar-refractivity contribution is 1.22. The number of rotatable bonds is 0. The summed E-state index contributed by atoms with van der Waals surface area (Å²) in [6.07, 6.45) is 12.5. The number of nitrogens with zero attached hydrogens (tertiary/aromatic N) is 1. The first-order chi connectivity index (χ1) is 57.5. The third kappa shape index (κ3) is 10.1. The Morgan fingerprint density at radius 2 is 0.457 bits per heavy atom. The van der Waals surface area contributed by atoms with E-state index in [2.05, 4.69) is 339 Å². The first kappa shape index (κ1) is 65.7. The topological polar surface area (TPSA) is 12.9 Å². The van der Waals surface area contributed by atoms with Crippen molar-refractivity contribution in [3.8, 4) is 111 Å². The normalized spacial score (nSPS) is 13.5. The van der Waals surface area contributed by atoms with Crippen LogP contribution in [0.4, 0.5) is 0 Å². The average molecular weight is 1470 g/mol. The maximum atomic E-state index is 4.58. The summed E-state index contributed by atoms with van der Waals surface area (Å²) < 4.78 is 0. The highest BCUT2D eigenvalue weighted by Crippen LogP contribution is 2.56. The second-order valence-electron chi connectivity index (χ2n) is 33.5. The molecule has 0 saturated carbocycles. The van der Waals surface area contributed by atoms with Crippen molar-refractivity contribution in [1.29, 1.82) is 0 Å². The summed E-state index contributed by atoms with van der Waals surface area (Å²) in [5.41, 5.74) is 58.3. The third-order valence-corrected chi connectivity index (χ3v) is 27.4. The van der Waals surface area contributed by atoms with Gasteiger partial charge in [0.25, 0.3) is 0 Å². The van der Waals surface area contributed by atoms with Crippen LogP contribution in [-0.2, 0) is 64.2 Å². The number of pyridine rings is 1.